The second-order valence-electron chi connectivity index (χ2n) is 16.8. The predicted molar refractivity (Wildman–Crippen MR) is 195 cm³/mol. The Morgan fingerprint density at radius 1 is 0.400 bits per heavy atom. The van der Waals surface area contributed by atoms with Crippen molar-refractivity contribution in [3.63, 3.8) is 0 Å². The van der Waals surface area contributed by atoms with Gasteiger partial charge in [-0.1, -0.05) is 0 Å². The third kappa shape index (κ3) is 10.8. The Morgan fingerprint density at radius 3 is 1.40 bits per heavy atom. The van der Waals surface area contributed by atoms with Crippen LogP contribution < -0.4 is 0 Å². The number of carbonyl (C=O) groups is 1. The molecule has 6 aliphatic heterocycles. The van der Waals surface area contributed by atoms with Crippen LogP contribution in [-0.4, -0.2) is 290 Å². The molecule has 0 saturated carbocycles. The van der Waals surface area contributed by atoms with Gasteiger partial charge in [0, 0.05) is 0 Å². The molecule has 0 bridgehead atoms. The van der Waals surface area contributed by atoms with Gasteiger partial charge in [-0.05, 0) is 20.8 Å². The maximum absolute atomic E-state index is 11.6. The molecule has 0 spiro atoms. The van der Waals surface area contributed by atoms with Crippen LogP contribution in [0.1, 0.15) is 20.8 Å². The van der Waals surface area contributed by atoms with Gasteiger partial charge in [0.15, 0.2) is 43.8 Å². The zero-order valence-corrected chi connectivity index (χ0v) is 34.7. The van der Waals surface area contributed by atoms with Gasteiger partial charge in [0.1, 0.15) is 122 Å². The van der Waals surface area contributed by atoms with Crippen molar-refractivity contribution in [1.29, 1.82) is 0 Å². The Morgan fingerprint density at radius 2 is 0.846 bits per heavy atom. The minimum absolute atomic E-state index is 0.824. The molecule has 29 nitrogen and oxygen atoms in total. The highest BCUT2D eigenvalue weighted by molar-refractivity contribution is 5.73. The lowest BCUT2D eigenvalue weighted by atomic mass is 9.95. The average Bonchev–Trinajstić information content (AvgIpc) is 3.26. The molecule has 6 heterocycles. The number of aliphatic hydroxyl groups excluding tert-OH is 16. The molecule has 378 valence electrons. The van der Waals surface area contributed by atoms with Gasteiger partial charge >= 0.3 is 5.97 Å². The molecule has 30 atom stereocenters. The fourth-order valence-corrected chi connectivity index (χ4v) is 8.20. The summed E-state index contributed by atoms with van der Waals surface area (Å²) < 4.78 is 61.3. The molecule has 6 aliphatic rings. The van der Waals surface area contributed by atoms with Crippen molar-refractivity contribution in [2.75, 3.05) is 13.2 Å². The van der Waals surface area contributed by atoms with Crippen LogP contribution in [0.2, 0.25) is 0 Å². The normalized spacial score (nSPS) is 54.6. The highest BCUT2D eigenvalue weighted by atomic mass is 16.8. The van der Waals surface area contributed by atoms with E-state index in [-0.39, 0.29) is 0 Å². The summed E-state index contributed by atoms with van der Waals surface area (Å²) in [5.74, 6) is -1.72. The molecular weight excluding hydrogens is 896 g/mol. The summed E-state index contributed by atoms with van der Waals surface area (Å²) in [4.78, 5) is 11.5. The second-order valence-corrected chi connectivity index (χ2v) is 16.8. The van der Waals surface area contributed by atoms with Gasteiger partial charge < -0.3 is 139 Å². The summed E-state index contributed by atoms with van der Waals surface area (Å²) in [5, 5.41) is 180. The van der Waals surface area contributed by atoms with Crippen molar-refractivity contribution in [2.24, 2.45) is 0 Å². The number of carboxylic acids is 1. The molecular formula is C36H60O29. The number of rotatable bonds is 13. The van der Waals surface area contributed by atoms with Crippen molar-refractivity contribution >= 4 is 5.97 Å². The highest BCUT2D eigenvalue weighted by Crippen LogP contribution is 2.36. The first kappa shape index (κ1) is 52.8. The van der Waals surface area contributed by atoms with E-state index in [1.165, 1.54) is 20.8 Å². The number of ether oxygens (including phenoxy) is 11. The minimum atomic E-state index is -2.12. The van der Waals surface area contributed by atoms with Gasteiger partial charge in [0.2, 0.25) is 0 Å². The lowest BCUT2D eigenvalue weighted by Gasteiger charge is -2.49. The summed E-state index contributed by atoms with van der Waals surface area (Å²) in [6.07, 6.45) is -54.8. The zero-order valence-electron chi connectivity index (χ0n) is 34.7. The van der Waals surface area contributed by atoms with E-state index < -0.39 is 203 Å². The summed E-state index contributed by atoms with van der Waals surface area (Å²) >= 11 is 0. The maximum atomic E-state index is 11.6. The van der Waals surface area contributed by atoms with Crippen LogP contribution in [-0.2, 0) is 56.9 Å². The molecule has 0 aromatic carbocycles. The molecule has 6 rings (SSSR count). The van der Waals surface area contributed by atoms with Gasteiger partial charge in [-0.3, -0.25) is 0 Å². The van der Waals surface area contributed by atoms with E-state index in [2.05, 4.69) is 0 Å². The van der Waals surface area contributed by atoms with Crippen molar-refractivity contribution in [3.8, 4) is 0 Å². The Balaban J connectivity index is 1.16. The SMILES string of the molecule is C[C@@H]1O[C@@H](O[C@@H]2[C@@H](O)[C@H](C)O[C@@H](O[C@@H]3[C@@H](O)[C@H](C)O[C@H](O[C@H]4[C@H](O)[C@@H](O)[C@@H](O)O[C@@H]4CO)[C@@H]3O)[C@@H]2O)[C@H](O[C@H]2O[C@H](CO[C@H]3O[C@H](C(=O)O)[C@@H](O)[C@H](O)[C@H]3O)[C@@H](O)[C@H](O)[C@H]2O)[C@H](O)[C@H]1O. The van der Waals surface area contributed by atoms with Gasteiger partial charge in [-0.15, -0.1) is 0 Å². The first-order valence-corrected chi connectivity index (χ1v) is 20.7. The molecule has 6 fully saturated rings. The van der Waals surface area contributed by atoms with Crippen LogP contribution in [0.4, 0.5) is 0 Å². The van der Waals surface area contributed by atoms with E-state index in [1.807, 2.05) is 0 Å². The van der Waals surface area contributed by atoms with Crippen LogP contribution in [0.15, 0.2) is 0 Å². The number of hydrogen-bond acceptors (Lipinski definition) is 28. The Hall–Kier alpha value is -1.61. The molecule has 0 amide bonds. The van der Waals surface area contributed by atoms with Gasteiger partial charge in [-0.25, -0.2) is 4.79 Å². The largest absolute Gasteiger partial charge is 0.479 e. The second kappa shape index (κ2) is 21.6. The van der Waals surface area contributed by atoms with Crippen LogP contribution in [0.25, 0.3) is 0 Å². The Kier molecular flexibility index (Phi) is 17.5. The standard InChI is InChI=1S/C36H60O29/c1-6-11(38)17(44)29(65-33-22(49)15(42)14(41)10(60-33)5-55-32-21(48)16(43)18(45)28(64-32)30(52)53)36(58-6)63-27-13(40)8(3)57-35(24(27)51)62-26-12(39)7(2)56-34(23(26)50)61-25-9(4-37)59-31(54)20(47)19(25)46/h6-29,31-51,54H,4-5H2,1-3H3,(H,52,53)/t6-,7-,8-,9+,10+,11-,12-,13-,14+,15-,16-,17+,18-,19+,20+,21+,22+,23+,24+,25+,26+,27+,28-,29+,31-,32-,33+,34+,35-,36-/m0/s1. The smallest absolute Gasteiger partial charge is 0.335 e. The molecule has 17 N–H and O–H groups in total. The van der Waals surface area contributed by atoms with E-state index in [9.17, 15) is 91.6 Å². The van der Waals surface area contributed by atoms with Crippen molar-refractivity contribution in [2.45, 2.75) is 205 Å². The fourth-order valence-electron chi connectivity index (χ4n) is 8.20. The Labute approximate surface area is 367 Å². The topological polar surface area (TPSA) is 463 Å². The van der Waals surface area contributed by atoms with Crippen LogP contribution in [0, 0.1) is 0 Å². The first-order chi connectivity index (χ1) is 30.5. The molecule has 0 aromatic heterocycles. The quantitative estimate of drug-likeness (QED) is 0.0815. The average molecular weight is 957 g/mol. The van der Waals surface area contributed by atoms with Gasteiger partial charge in [-0.2, -0.15) is 0 Å². The number of aliphatic carboxylic acids is 1. The fraction of sp³-hybridized carbons (Fsp3) is 0.972. The maximum Gasteiger partial charge on any atom is 0.335 e. The third-order valence-electron chi connectivity index (χ3n) is 12.3. The summed E-state index contributed by atoms with van der Waals surface area (Å²) in [5.41, 5.74) is 0. The molecule has 0 unspecified atom stereocenters. The first-order valence-electron chi connectivity index (χ1n) is 20.7. The van der Waals surface area contributed by atoms with Crippen molar-refractivity contribution < 1.29 is 144 Å². The van der Waals surface area contributed by atoms with Crippen LogP contribution >= 0.6 is 0 Å². The number of aliphatic hydroxyl groups is 16. The van der Waals surface area contributed by atoms with Gasteiger partial charge in [0.25, 0.3) is 0 Å². The Bertz CT molecular complexity index is 1530. The van der Waals surface area contributed by atoms with Crippen molar-refractivity contribution in [1.82, 2.24) is 0 Å². The minimum Gasteiger partial charge on any atom is -0.479 e. The van der Waals surface area contributed by atoms with Crippen LogP contribution in [0.3, 0.4) is 0 Å². The van der Waals surface area contributed by atoms with E-state index in [1.54, 1.807) is 0 Å². The zero-order chi connectivity index (χ0) is 48.1. The van der Waals surface area contributed by atoms with E-state index in [0.717, 1.165) is 0 Å². The molecule has 0 radical (unpaired) electrons. The summed E-state index contributed by atoms with van der Waals surface area (Å²) in [6, 6.07) is 0. The summed E-state index contributed by atoms with van der Waals surface area (Å²) in [7, 11) is 0. The van der Waals surface area contributed by atoms with Crippen LogP contribution in [0.5, 0.6) is 0 Å². The molecule has 0 aliphatic carbocycles. The van der Waals surface area contributed by atoms with Gasteiger partial charge in [0.05, 0.1) is 31.5 Å². The molecule has 6 saturated heterocycles. The van der Waals surface area contributed by atoms with E-state index >= 15 is 0 Å². The number of hydrogen-bond donors (Lipinski definition) is 17. The number of carboxylic acid groups (broad SMARTS) is 1. The van der Waals surface area contributed by atoms with E-state index in [4.69, 9.17) is 52.1 Å². The third-order valence-corrected chi connectivity index (χ3v) is 12.3. The molecule has 29 heteroatoms. The van der Waals surface area contributed by atoms with E-state index in [0.29, 0.717) is 0 Å². The highest BCUT2D eigenvalue weighted by Gasteiger charge is 2.56. The summed E-state index contributed by atoms with van der Waals surface area (Å²) in [6.45, 7) is 2.27. The molecule has 65 heavy (non-hydrogen) atoms. The lowest BCUT2D eigenvalue weighted by Crippen LogP contribution is -2.67. The lowest BCUT2D eigenvalue weighted by molar-refractivity contribution is -0.396. The monoisotopic (exact) mass is 956 g/mol. The van der Waals surface area contributed by atoms with Crippen molar-refractivity contribution in [3.05, 3.63) is 0 Å². The molecule has 0 aromatic rings. The predicted octanol–water partition coefficient (Wildman–Crippen LogP) is -10.9.